The molecule has 0 radical (unpaired) electrons. The molecule has 24 heavy (non-hydrogen) atoms. The average molecular weight is 339 g/mol. The van der Waals surface area contributed by atoms with Gasteiger partial charge in [0, 0.05) is 0 Å². The molecule has 0 aromatic rings. The lowest BCUT2D eigenvalue weighted by molar-refractivity contribution is -0.177. The van der Waals surface area contributed by atoms with Crippen LogP contribution in [-0.4, -0.2) is 23.3 Å². The van der Waals surface area contributed by atoms with Crippen molar-refractivity contribution in [2.75, 3.05) is 6.61 Å². The van der Waals surface area contributed by atoms with Gasteiger partial charge in [-0.3, -0.25) is 4.79 Å². The molecule has 0 bridgehead atoms. The highest BCUT2D eigenvalue weighted by atomic mass is 16.5. The molecule has 0 amide bonds. The molecule has 2 rings (SSSR count). The highest BCUT2D eigenvalue weighted by Gasteiger charge is 2.57. The third kappa shape index (κ3) is 3.66. The number of carbonyl (C=O) groups is 1. The van der Waals surface area contributed by atoms with E-state index in [-0.39, 0.29) is 17.3 Å². The summed E-state index contributed by atoms with van der Waals surface area (Å²) in [6, 6.07) is 0. The Labute approximate surface area is 148 Å². The second-order valence-corrected chi connectivity index (χ2v) is 10.5. The fourth-order valence-corrected chi connectivity index (χ4v) is 5.75. The summed E-state index contributed by atoms with van der Waals surface area (Å²) in [7, 11) is 0. The maximum absolute atomic E-state index is 12.0. The number of esters is 1. The fraction of sp³-hybridized carbons (Fsp3) is 0.952. The first-order valence-corrected chi connectivity index (χ1v) is 9.70. The zero-order valence-electron chi connectivity index (χ0n) is 16.9. The molecule has 2 saturated carbocycles. The van der Waals surface area contributed by atoms with E-state index >= 15 is 0 Å². The first kappa shape index (κ1) is 19.8. The Morgan fingerprint density at radius 2 is 1.75 bits per heavy atom. The predicted octanol–water partition coefficient (Wildman–Crippen LogP) is 4.96. The summed E-state index contributed by atoms with van der Waals surface area (Å²) < 4.78 is 5.53. The van der Waals surface area contributed by atoms with Crippen molar-refractivity contribution in [2.24, 2.45) is 28.1 Å². The van der Waals surface area contributed by atoms with E-state index in [4.69, 9.17) is 4.74 Å². The van der Waals surface area contributed by atoms with Crippen LogP contribution in [0.15, 0.2) is 0 Å². The number of hydrogen-bond donors (Lipinski definition) is 1. The van der Waals surface area contributed by atoms with Crippen LogP contribution in [0.2, 0.25) is 0 Å². The van der Waals surface area contributed by atoms with Gasteiger partial charge in [-0.1, -0.05) is 27.2 Å². The van der Waals surface area contributed by atoms with Crippen LogP contribution in [0.5, 0.6) is 0 Å². The average Bonchev–Trinajstić information content (AvgIpc) is 2.39. The highest BCUT2D eigenvalue weighted by Crippen LogP contribution is 2.62. The number of rotatable bonds is 3. The second-order valence-electron chi connectivity index (χ2n) is 10.5. The Hall–Kier alpha value is -0.570. The van der Waals surface area contributed by atoms with Gasteiger partial charge in [-0.2, -0.15) is 0 Å². The normalized spacial score (nSPS) is 39.2. The zero-order chi connectivity index (χ0) is 18.4. The Balaban J connectivity index is 2.14. The van der Waals surface area contributed by atoms with Crippen molar-refractivity contribution in [3.63, 3.8) is 0 Å². The van der Waals surface area contributed by atoms with E-state index in [2.05, 4.69) is 20.8 Å². The summed E-state index contributed by atoms with van der Waals surface area (Å²) in [4.78, 5) is 12.0. The van der Waals surface area contributed by atoms with Gasteiger partial charge in [-0.15, -0.1) is 0 Å². The van der Waals surface area contributed by atoms with Crippen molar-refractivity contribution < 1.29 is 14.6 Å². The van der Waals surface area contributed by atoms with Crippen LogP contribution >= 0.6 is 0 Å². The van der Waals surface area contributed by atoms with E-state index in [0.717, 1.165) is 19.3 Å². The molecule has 3 heteroatoms. The van der Waals surface area contributed by atoms with Gasteiger partial charge in [0.05, 0.1) is 17.6 Å². The van der Waals surface area contributed by atoms with Crippen molar-refractivity contribution in [2.45, 2.75) is 92.6 Å². The Morgan fingerprint density at radius 1 is 1.12 bits per heavy atom. The SMILES string of the molecule is CC(C)(C)C(=O)OCC[C@@H]1[C@@]2(C)CCCC(C)(C)[C@@H]2CC[C@@]1(C)O. The molecule has 140 valence electrons. The van der Waals surface area contributed by atoms with Gasteiger partial charge >= 0.3 is 5.97 Å². The summed E-state index contributed by atoms with van der Waals surface area (Å²) in [5.41, 5.74) is -0.650. The van der Waals surface area contributed by atoms with Crippen molar-refractivity contribution in [1.29, 1.82) is 0 Å². The Bertz CT molecular complexity index is 472. The van der Waals surface area contributed by atoms with E-state index in [0.29, 0.717) is 17.9 Å². The van der Waals surface area contributed by atoms with Gasteiger partial charge in [-0.25, -0.2) is 0 Å². The lowest BCUT2D eigenvalue weighted by Gasteiger charge is -2.61. The minimum atomic E-state index is -0.660. The molecule has 0 unspecified atom stereocenters. The monoisotopic (exact) mass is 338 g/mol. The maximum Gasteiger partial charge on any atom is 0.311 e. The van der Waals surface area contributed by atoms with Crippen LogP contribution < -0.4 is 0 Å². The molecule has 2 aliphatic rings. The van der Waals surface area contributed by atoms with Gasteiger partial charge in [0.2, 0.25) is 0 Å². The summed E-state index contributed by atoms with van der Waals surface area (Å²) >= 11 is 0. The molecular formula is C21H38O3. The molecule has 2 aliphatic carbocycles. The van der Waals surface area contributed by atoms with Crippen LogP contribution in [0.25, 0.3) is 0 Å². The van der Waals surface area contributed by atoms with Gasteiger partial charge in [0.25, 0.3) is 0 Å². The molecule has 0 aromatic heterocycles. The highest BCUT2D eigenvalue weighted by molar-refractivity contribution is 5.75. The van der Waals surface area contributed by atoms with Crippen molar-refractivity contribution in [3.05, 3.63) is 0 Å². The Morgan fingerprint density at radius 3 is 2.33 bits per heavy atom. The smallest absolute Gasteiger partial charge is 0.311 e. The lowest BCUT2D eigenvalue weighted by Crippen LogP contribution is -2.57. The van der Waals surface area contributed by atoms with E-state index in [1.807, 2.05) is 27.7 Å². The third-order valence-corrected chi connectivity index (χ3v) is 7.01. The molecule has 0 aromatic carbocycles. The maximum atomic E-state index is 12.0. The van der Waals surface area contributed by atoms with E-state index in [1.54, 1.807) is 0 Å². The molecule has 2 fully saturated rings. The van der Waals surface area contributed by atoms with Gasteiger partial charge in [0.15, 0.2) is 0 Å². The lowest BCUT2D eigenvalue weighted by atomic mass is 9.45. The number of aliphatic hydroxyl groups is 1. The van der Waals surface area contributed by atoms with E-state index in [1.165, 1.54) is 19.3 Å². The minimum Gasteiger partial charge on any atom is -0.465 e. The third-order valence-electron chi connectivity index (χ3n) is 7.01. The first-order chi connectivity index (χ1) is 10.8. The summed E-state index contributed by atoms with van der Waals surface area (Å²) in [6.07, 6.45) is 6.41. The largest absolute Gasteiger partial charge is 0.465 e. The molecule has 0 aliphatic heterocycles. The molecule has 3 nitrogen and oxygen atoms in total. The molecule has 0 saturated heterocycles. The molecular weight excluding hydrogens is 300 g/mol. The predicted molar refractivity (Wildman–Crippen MR) is 97.6 cm³/mol. The quantitative estimate of drug-likeness (QED) is 0.740. The van der Waals surface area contributed by atoms with Gasteiger partial charge in [-0.05, 0) is 82.5 Å². The summed E-state index contributed by atoms with van der Waals surface area (Å²) in [6.45, 7) is 15.2. The summed E-state index contributed by atoms with van der Waals surface area (Å²) in [5.74, 6) is 0.682. The van der Waals surface area contributed by atoms with Crippen LogP contribution in [0.4, 0.5) is 0 Å². The van der Waals surface area contributed by atoms with Crippen molar-refractivity contribution >= 4 is 5.97 Å². The number of hydrogen-bond acceptors (Lipinski definition) is 3. The van der Waals surface area contributed by atoms with Gasteiger partial charge < -0.3 is 9.84 Å². The Kier molecular flexibility index (Phi) is 5.19. The fourth-order valence-electron chi connectivity index (χ4n) is 5.75. The molecule has 4 atom stereocenters. The first-order valence-electron chi connectivity index (χ1n) is 9.70. The van der Waals surface area contributed by atoms with Crippen molar-refractivity contribution in [1.82, 2.24) is 0 Å². The van der Waals surface area contributed by atoms with Crippen LogP contribution in [0.1, 0.15) is 87.0 Å². The second kappa shape index (κ2) is 6.30. The van der Waals surface area contributed by atoms with Crippen LogP contribution in [0.3, 0.4) is 0 Å². The number of fused-ring (bicyclic) bond motifs is 1. The number of carbonyl (C=O) groups excluding carboxylic acids is 1. The molecule has 1 N–H and O–H groups in total. The van der Waals surface area contributed by atoms with E-state index < -0.39 is 11.0 Å². The van der Waals surface area contributed by atoms with Crippen LogP contribution in [-0.2, 0) is 9.53 Å². The van der Waals surface area contributed by atoms with Gasteiger partial charge in [0.1, 0.15) is 0 Å². The van der Waals surface area contributed by atoms with E-state index in [9.17, 15) is 9.90 Å². The van der Waals surface area contributed by atoms with Crippen LogP contribution in [0, 0.1) is 28.1 Å². The standard InChI is InChI=1S/C21H38O3/c1-18(2,3)17(22)24-14-10-16-20(6)12-8-11-19(4,5)15(20)9-13-21(16,7)23/h15-16,23H,8-14H2,1-7H3/t15-,16+,20-,21+/m0/s1. The molecule has 0 spiro atoms. The van der Waals surface area contributed by atoms with Crippen molar-refractivity contribution in [3.8, 4) is 0 Å². The molecule has 0 heterocycles. The zero-order valence-corrected chi connectivity index (χ0v) is 16.9. The topological polar surface area (TPSA) is 46.5 Å². The number of ether oxygens (including phenoxy) is 1. The summed E-state index contributed by atoms with van der Waals surface area (Å²) in [5, 5.41) is 11.1. The minimum absolute atomic E-state index is 0.137.